The summed E-state index contributed by atoms with van der Waals surface area (Å²) < 4.78 is 52.8. The van der Waals surface area contributed by atoms with E-state index >= 15 is 0 Å². The fourth-order valence-corrected chi connectivity index (χ4v) is 9.24. The Morgan fingerprint density at radius 2 is 1.78 bits per heavy atom. The van der Waals surface area contributed by atoms with Gasteiger partial charge in [0.15, 0.2) is 6.67 Å². The van der Waals surface area contributed by atoms with Gasteiger partial charge in [-0.2, -0.15) is 9.83 Å². The second-order valence-electron chi connectivity index (χ2n) is 14.1. The lowest BCUT2D eigenvalue weighted by atomic mass is 10.1. The molecule has 1 aliphatic heterocycles. The molecule has 4 unspecified atom stereocenters. The van der Waals surface area contributed by atoms with Gasteiger partial charge in [0.25, 0.3) is 25.6 Å². The van der Waals surface area contributed by atoms with Gasteiger partial charge in [-0.3, -0.25) is 9.59 Å². The van der Waals surface area contributed by atoms with Crippen molar-refractivity contribution < 1.29 is 41.1 Å². The Hall–Kier alpha value is -4.15. The quantitative estimate of drug-likeness (QED) is 0.0451. The van der Waals surface area contributed by atoms with Crippen LogP contribution in [0.2, 0.25) is 0 Å². The highest BCUT2D eigenvalue weighted by Crippen LogP contribution is 2.54. The van der Waals surface area contributed by atoms with Gasteiger partial charge in [-0.05, 0) is 95.6 Å². The van der Waals surface area contributed by atoms with E-state index in [1.54, 1.807) is 41.1 Å². The first-order valence-corrected chi connectivity index (χ1v) is 22.3. The first-order chi connectivity index (χ1) is 28.0. The Bertz CT molecular complexity index is 1970. The van der Waals surface area contributed by atoms with E-state index in [1.807, 2.05) is 18.2 Å². The highest BCUT2D eigenvalue weighted by molar-refractivity contribution is 7.48. The molecule has 2 amide bonds. The minimum absolute atomic E-state index is 0.0801. The molecule has 2 N–H and O–H groups in total. The molecule has 3 heterocycles. The van der Waals surface area contributed by atoms with Crippen LogP contribution in [0, 0.1) is 11.3 Å². The summed E-state index contributed by atoms with van der Waals surface area (Å²) in [5, 5.41) is 15.7. The summed E-state index contributed by atoms with van der Waals surface area (Å²) >= 11 is 0. The molecule has 2 aromatic heterocycles. The monoisotopic (exact) mass is 842 g/mol. The maximum absolute atomic E-state index is 13.2. The van der Waals surface area contributed by atoms with Crippen molar-refractivity contribution in [1.29, 1.82) is 5.26 Å². The molecule has 58 heavy (non-hydrogen) atoms. The average Bonchev–Trinajstić information content (AvgIpc) is 3.52. The van der Waals surface area contributed by atoms with Crippen molar-refractivity contribution in [2.75, 3.05) is 51.0 Å². The van der Waals surface area contributed by atoms with Crippen molar-refractivity contribution in [2.45, 2.75) is 97.9 Å². The largest absolute Gasteiger partial charge is 0.555 e. The Balaban J connectivity index is 1.38. The van der Waals surface area contributed by atoms with E-state index < -0.39 is 34.8 Å². The summed E-state index contributed by atoms with van der Waals surface area (Å²) in [5.74, 6) is -0.928. The molecule has 314 valence electrons. The molecular weight excluding hydrogens is 785 g/mol. The topological polar surface area (TPSA) is 167 Å². The van der Waals surface area contributed by atoms with Crippen LogP contribution in [0.1, 0.15) is 84.4 Å². The molecule has 1 saturated heterocycles. The van der Waals surface area contributed by atoms with Crippen molar-refractivity contribution in [3.63, 3.8) is 0 Å². The van der Waals surface area contributed by atoms with Crippen molar-refractivity contribution in [2.24, 2.45) is 0 Å². The zero-order chi connectivity index (χ0) is 42.0. The lowest BCUT2D eigenvalue weighted by molar-refractivity contribution is -0.685. The van der Waals surface area contributed by atoms with Crippen LogP contribution < -0.4 is 31.0 Å². The first kappa shape index (κ1) is 46.5. The summed E-state index contributed by atoms with van der Waals surface area (Å²) in [6, 6.07) is 13.4. The number of unbranched alkanes of at least 4 members (excludes halogenated alkanes) is 3. The molecule has 4 atom stereocenters. The molecule has 14 nitrogen and oxygen atoms in total. The van der Waals surface area contributed by atoms with Gasteiger partial charge in [0.05, 0.1) is 30.8 Å². The third-order valence-electron chi connectivity index (χ3n) is 9.64. The lowest BCUT2D eigenvalue weighted by Gasteiger charge is -2.28. The van der Waals surface area contributed by atoms with Crippen molar-refractivity contribution >= 4 is 62.5 Å². The molecular formula is C41H57FN6O8P2+2. The van der Waals surface area contributed by atoms with Crippen LogP contribution in [0.25, 0.3) is 23.1 Å². The van der Waals surface area contributed by atoms with Crippen LogP contribution in [0.3, 0.4) is 0 Å². The molecule has 1 aliphatic rings. The molecule has 0 aliphatic carbocycles. The van der Waals surface area contributed by atoms with Crippen LogP contribution in [0.5, 0.6) is 0 Å². The molecule has 0 saturated carbocycles. The second kappa shape index (κ2) is 24.1. The van der Waals surface area contributed by atoms with E-state index in [1.165, 1.54) is 0 Å². The number of fused-ring (bicyclic) bond motifs is 1. The fourth-order valence-electron chi connectivity index (χ4n) is 6.47. The number of aromatic nitrogens is 1. The standard InChI is InChI=1S/C41H55FN6O8P2/c1-6-46(7-2)35-16-13-32-25-33(41(51)55-38(32)26-35)14-15-34-17-18-36(57(52)53-23-12-10-22-44-39(49)27-42)28-47(34)29-40(50)45-21-9-8-11-24-54-58-48(30(3)4)31(5)37(56-58)19-20-43/h13-18,25-26,28,30-31,37H,6-12,19,21-24,27,29H2,1-5H3/p+2. The van der Waals surface area contributed by atoms with Gasteiger partial charge in [-0.1, -0.05) is 0 Å². The summed E-state index contributed by atoms with van der Waals surface area (Å²) in [5.41, 5.74) is 1.87. The number of nitriles is 1. The van der Waals surface area contributed by atoms with Crippen molar-refractivity contribution in [3.05, 3.63) is 64.3 Å². The number of carbonyl (C=O) groups excluding carboxylic acids is 2. The number of rotatable bonds is 24. The highest BCUT2D eigenvalue weighted by atomic mass is 31.2. The number of hydrogen-bond acceptors (Lipinski definition) is 11. The Morgan fingerprint density at radius 1 is 1.05 bits per heavy atom. The molecule has 0 spiro atoms. The summed E-state index contributed by atoms with van der Waals surface area (Å²) in [6.45, 7) is 12.3. The van der Waals surface area contributed by atoms with E-state index in [9.17, 15) is 23.3 Å². The number of nitrogens with zero attached hydrogens (tertiary/aromatic N) is 4. The predicted molar refractivity (Wildman–Crippen MR) is 224 cm³/mol. The first-order valence-electron chi connectivity index (χ1n) is 20.0. The van der Waals surface area contributed by atoms with Crippen LogP contribution >= 0.6 is 16.6 Å². The van der Waals surface area contributed by atoms with Gasteiger partial charge >= 0.3 is 13.7 Å². The number of pyridine rings is 1. The van der Waals surface area contributed by atoms with Crippen LogP contribution in [0.15, 0.2) is 51.8 Å². The summed E-state index contributed by atoms with van der Waals surface area (Å²) in [4.78, 5) is 39.5. The van der Waals surface area contributed by atoms with Gasteiger partial charge in [-0.25, -0.2) is 13.9 Å². The van der Waals surface area contributed by atoms with Gasteiger partial charge < -0.3 is 29.0 Å². The maximum atomic E-state index is 13.2. The normalized spacial score (nSPS) is 17.2. The zero-order valence-corrected chi connectivity index (χ0v) is 35.9. The number of alkyl halides is 1. The minimum atomic E-state index is -2.27. The molecule has 4 rings (SSSR count). The van der Waals surface area contributed by atoms with E-state index in [0.29, 0.717) is 54.6 Å². The number of benzene rings is 1. The predicted octanol–water partition coefficient (Wildman–Crippen LogP) is 6.29. The number of halogens is 1. The molecule has 17 heteroatoms. The smallest absolute Gasteiger partial charge is 0.422 e. The Labute approximate surface area is 342 Å². The van der Waals surface area contributed by atoms with Crippen LogP contribution in [0.4, 0.5) is 10.1 Å². The van der Waals surface area contributed by atoms with Gasteiger partial charge in [0.2, 0.25) is 18.4 Å². The zero-order valence-electron chi connectivity index (χ0n) is 34.2. The van der Waals surface area contributed by atoms with Crippen molar-refractivity contribution in [3.8, 4) is 6.07 Å². The Kier molecular flexibility index (Phi) is 19.3. The Morgan fingerprint density at radius 3 is 2.48 bits per heavy atom. The van der Waals surface area contributed by atoms with Gasteiger partial charge in [0, 0.05) is 73.6 Å². The van der Waals surface area contributed by atoms with E-state index in [2.05, 4.69) is 60.9 Å². The van der Waals surface area contributed by atoms with E-state index in [-0.39, 0.29) is 43.8 Å². The third-order valence-corrected chi connectivity index (χ3v) is 12.8. The highest BCUT2D eigenvalue weighted by Gasteiger charge is 2.42. The average molecular weight is 843 g/mol. The van der Waals surface area contributed by atoms with Gasteiger partial charge in [0.1, 0.15) is 12.2 Å². The second-order valence-corrected chi connectivity index (χ2v) is 16.8. The lowest BCUT2D eigenvalue weighted by Crippen LogP contribution is -2.46. The number of anilines is 1. The van der Waals surface area contributed by atoms with Gasteiger partial charge in [-0.15, -0.1) is 4.52 Å². The van der Waals surface area contributed by atoms with Crippen LogP contribution in [-0.4, -0.2) is 80.7 Å². The van der Waals surface area contributed by atoms with Crippen LogP contribution in [-0.2, 0) is 34.3 Å². The SMILES string of the molecule is CCN(CC)c1ccc2cc(/C=C/c3ccc([P+](=O)OCCCCNC(=O)CF)c[n+]3CC(=O)NCCCCCOP3OC(CC#N)C(C)N3C(C)C)c(=O)oc2c1. The molecule has 3 aromatic rings. The number of nitrogens with one attached hydrogen (secondary N) is 2. The van der Waals surface area contributed by atoms with E-state index in [4.69, 9.17) is 23.3 Å². The number of carbonyl (C=O) groups is 2. The van der Waals surface area contributed by atoms with E-state index in [0.717, 1.165) is 43.4 Å². The third kappa shape index (κ3) is 13.7. The molecule has 0 bridgehead atoms. The minimum Gasteiger partial charge on any atom is -0.422 e. The molecule has 1 fully saturated rings. The number of amides is 2. The molecule has 0 radical (unpaired) electrons. The number of hydrogen-bond donors (Lipinski definition) is 2. The fraction of sp³-hybridized carbons (Fsp3) is 0.537. The summed E-state index contributed by atoms with van der Waals surface area (Å²) in [6.07, 6.45) is 8.48. The molecule has 1 aromatic carbocycles. The summed E-state index contributed by atoms with van der Waals surface area (Å²) in [7, 11) is -3.50. The van der Waals surface area contributed by atoms with Crippen molar-refractivity contribution in [1.82, 2.24) is 15.3 Å². The maximum Gasteiger partial charge on any atom is 0.555 e.